The van der Waals surface area contributed by atoms with Gasteiger partial charge < -0.3 is 19.2 Å². The summed E-state index contributed by atoms with van der Waals surface area (Å²) in [6.45, 7) is 12.8. The molecule has 2 atom stereocenters. The number of carbonyl (C=O) groups is 1. The molecule has 0 saturated carbocycles. The molecule has 2 aromatic heterocycles. The van der Waals surface area contributed by atoms with Gasteiger partial charge in [-0.2, -0.15) is 0 Å². The Morgan fingerprint density at radius 2 is 2.00 bits per heavy atom. The van der Waals surface area contributed by atoms with Gasteiger partial charge in [-0.15, -0.1) is 0 Å². The second kappa shape index (κ2) is 11.6. The molecule has 200 valence electrons. The number of hydrogen-bond donors (Lipinski definition) is 1. The molecule has 1 unspecified atom stereocenters. The van der Waals surface area contributed by atoms with E-state index in [1.165, 1.54) is 18.4 Å². The number of benzene rings is 1. The number of esters is 1. The first-order chi connectivity index (χ1) is 17.6. The Morgan fingerprint density at radius 1 is 1.22 bits per heavy atom. The van der Waals surface area contributed by atoms with Crippen LogP contribution < -0.4 is 10.9 Å². The molecule has 0 spiro atoms. The van der Waals surface area contributed by atoms with Crippen molar-refractivity contribution >= 4 is 17.0 Å². The molecule has 7 nitrogen and oxygen atoms in total. The molecule has 1 aliphatic rings. The van der Waals surface area contributed by atoms with E-state index in [1.54, 1.807) is 11.6 Å². The van der Waals surface area contributed by atoms with Crippen molar-refractivity contribution in [3.63, 3.8) is 0 Å². The molecule has 1 N–H and O–H groups in total. The van der Waals surface area contributed by atoms with Gasteiger partial charge in [0.05, 0.1) is 23.1 Å². The highest BCUT2D eigenvalue weighted by molar-refractivity contribution is 5.81. The predicted octanol–water partition coefficient (Wildman–Crippen LogP) is 4.87. The Balaban J connectivity index is 1.67. The number of rotatable bonds is 9. The van der Waals surface area contributed by atoms with Crippen LogP contribution in [0.4, 0.5) is 0 Å². The molecular weight excluding hydrogens is 464 g/mol. The van der Waals surface area contributed by atoms with Crippen molar-refractivity contribution in [2.75, 3.05) is 13.1 Å². The Labute approximate surface area is 220 Å². The minimum Gasteiger partial charge on any atom is -0.463 e. The second-order valence-corrected chi connectivity index (χ2v) is 11.3. The summed E-state index contributed by atoms with van der Waals surface area (Å²) in [6.07, 6.45) is 5.70. The van der Waals surface area contributed by atoms with E-state index < -0.39 is 0 Å². The Kier molecular flexibility index (Phi) is 8.53. The maximum atomic E-state index is 12.6. The Morgan fingerprint density at radius 3 is 2.65 bits per heavy atom. The van der Waals surface area contributed by atoms with E-state index >= 15 is 0 Å². The van der Waals surface area contributed by atoms with Crippen LogP contribution >= 0.6 is 0 Å². The highest BCUT2D eigenvalue weighted by atomic mass is 16.5. The lowest BCUT2D eigenvalue weighted by Gasteiger charge is -2.24. The molecule has 1 aliphatic heterocycles. The maximum Gasteiger partial charge on any atom is 0.309 e. The molecule has 3 heterocycles. The highest BCUT2D eigenvalue weighted by Crippen LogP contribution is 2.29. The third kappa shape index (κ3) is 6.32. The number of imidazole rings is 1. The van der Waals surface area contributed by atoms with Gasteiger partial charge >= 0.3 is 5.97 Å². The monoisotopic (exact) mass is 506 g/mol. The number of ether oxygens (including phenoxy) is 1. The van der Waals surface area contributed by atoms with Crippen molar-refractivity contribution in [1.29, 1.82) is 0 Å². The largest absolute Gasteiger partial charge is 0.463 e. The zero-order valence-electron chi connectivity index (χ0n) is 23.2. The fourth-order valence-corrected chi connectivity index (χ4v) is 5.44. The predicted molar refractivity (Wildman–Crippen MR) is 149 cm³/mol. The molecule has 0 bridgehead atoms. The van der Waals surface area contributed by atoms with Crippen LogP contribution in [0.2, 0.25) is 0 Å². The fourth-order valence-electron chi connectivity index (χ4n) is 5.44. The van der Waals surface area contributed by atoms with Crippen molar-refractivity contribution in [3.05, 3.63) is 51.9 Å². The number of pyridine rings is 1. The first-order valence-corrected chi connectivity index (χ1v) is 13.7. The number of piperidine rings is 1. The topological polar surface area (TPSA) is 78.2 Å². The van der Waals surface area contributed by atoms with Crippen LogP contribution in [0.5, 0.6) is 0 Å². The molecule has 0 aliphatic carbocycles. The number of nitrogens with zero attached hydrogens (tertiary/aromatic N) is 3. The lowest BCUT2D eigenvalue weighted by atomic mass is 9.89. The van der Waals surface area contributed by atoms with Crippen LogP contribution in [-0.4, -0.2) is 39.3 Å². The van der Waals surface area contributed by atoms with Gasteiger partial charge in [0.15, 0.2) is 0 Å². The van der Waals surface area contributed by atoms with Crippen LogP contribution in [0.15, 0.2) is 35.3 Å². The second-order valence-electron chi connectivity index (χ2n) is 11.3. The summed E-state index contributed by atoms with van der Waals surface area (Å²) in [7, 11) is 1.80. The Hall–Kier alpha value is -2.93. The average molecular weight is 507 g/mol. The van der Waals surface area contributed by atoms with Gasteiger partial charge in [-0.25, -0.2) is 4.98 Å². The zero-order chi connectivity index (χ0) is 26.7. The summed E-state index contributed by atoms with van der Waals surface area (Å²) in [5.74, 6) is 1.43. The van der Waals surface area contributed by atoms with E-state index in [0.717, 1.165) is 54.9 Å². The van der Waals surface area contributed by atoms with Gasteiger partial charge in [0.1, 0.15) is 5.82 Å². The van der Waals surface area contributed by atoms with Crippen molar-refractivity contribution < 1.29 is 9.53 Å². The van der Waals surface area contributed by atoms with Crippen LogP contribution in [0.25, 0.3) is 22.4 Å². The number of carbonyl (C=O) groups excluding carboxylic acids is 1. The maximum absolute atomic E-state index is 12.6. The van der Waals surface area contributed by atoms with Gasteiger partial charge in [0, 0.05) is 30.9 Å². The molecule has 1 aromatic carbocycles. The van der Waals surface area contributed by atoms with Crippen molar-refractivity contribution in [2.45, 2.75) is 73.0 Å². The highest BCUT2D eigenvalue weighted by Gasteiger charge is 2.25. The number of aromatic nitrogens is 3. The molecule has 37 heavy (non-hydrogen) atoms. The smallest absolute Gasteiger partial charge is 0.309 e. The minimum atomic E-state index is -0.126. The average Bonchev–Trinajstić information content (AvgIpc) is 3.19. The van der Waals surface area contributed by atoms with E-state index in [2.05, 4.69) is 41.9 Å². The molecule has 7 heteroatoms. The fraction of sp³-hybridized carbons (Fsp3) is 0.567. The van der Waals surface area contributed by atoms with Crippen LogP contribution in [-0.2, 0) is 29.5 Å². The Bertz CT molecular complexity index is 1270. The summed E-state index contributed by atoms with van der Waals surface area (Å²) in [4.78, 5) is 30.1. The molecule has 1 fully saturated rings. The zero-order valence-corrected chi connectivity index (χ0v) is 23.2. The first kappa shape index (κ1) is 27.1. The van der Waals surface area contributed by atoms with E-state index in [-0.39, 0.29) is 29.5 Å². The number of aryl methyl sites for hydroxylation is 3. The summed E-state index contributed by atoms with van der Waals surface area (Å²) >= 11 is 0. The van der Waals surface area contributed by atoms with E-state index in [9.17, 15) is 9.59 Å². The third-order valence-electron chi connectivity index (χ3n) is 7.48. The SMILES string of the molecule is Cc1cc(-c2nc3cc(CC[C@H](C(=O)OC(C)C)C(C)C)ccc3n2CC2CCCNC2)cn(C)c1=O. The molecule has 1 saturated heterocycles. The van der Waals surface area contributed by atoms with Crippen molar-refractivity contribution in [2.24, 2.45) is 24.8 Å². The molecule has 4 rings (SSSR count). The van der Waals surface area contributed by atoms with E-state index in [1.807, 2.05) is 33.0 Å². The third-order valence-corrected chi connectivity index (χ3v) is 7.48. The van der Waals surface area contributed by atoms with Crippen molar-refractivity contribution in [1.82, 2.24) is 19.4 Å². The minimum absolute atomic E-state index is 0.0147. The van der Waals surface area contributed by atoms with Crippen LogP contribution in [0.1, 0.15) is 58.1 Å². The summed E-state index contributed by atoms with van der Waals surface area (Å²) in [5, 5.41) is 3.53. The molecule has 0 amide bonds. The van der Waals surface area contributed by atoms with Crippen molar-refractivity contribution in [3.8, 4) is 11.4 Å². The molecular formula is C30H42N4O3. The lowest BCUT2D eigenvalue weighted by molar-refractivity contribution is -0.154. The van der Waals surface area contributed by atoms with Gasteiger partial charge in [0.25, 0.3) is 5.56 Å². The van der Waals surface area contributed by atoms with Crippen LogP contribution in [0, 0.1) is 24.7 Å². The lowest BCUT2D eigenvalue weighted by Crippen LogP contribution is -2.32. The van der Waals surface area contributed by atoms with Gasteiger partial charge in [0.2, 0.25) is 0 Å². The summed E-state index contributed by atoms with van der Waals surface area (Å²) < 4.78 is 9.49. The normalized spacial score (nSPS) is 17.0. The first-order valence-electron chi connectivity index (χ1n) is 13.7. The van der Waals surface area contributed by atoms with E-state index in [4.69, 9.17) is 9.72 Å². The quantitative estimate of drug-likeness (QED) is 0.419. The number of hydrogen-bond acceptors (Lipinski definition) is 5. The van der Waals surface area contributed by atoms with E-state index in [0.29, 0.717) is 11.5 Å². The number of nitrogens with one attached hydrogen (secondary N) is 1. The van der Waals surface area contributed by atoms with Gasteiger partial charge in [-0.1, -0.05) is 19.9 Å². The van der Waals surface area contributed by atoms with Gasteiger partial charge in [-0.05, 0) is 95.1 Å². The number of fused-ring (bicyclic) bond motifs is 1. The van der Waals surface area contributed by atoms with Gasteiger partial charge in [-0.3, -0.25) is 9.59 Å². The van der Waals surface area contributed by atoms with Crippen LogP contribution in [0.3, 0.4) is 0 Å². The molecule has 0 radical (unpaired) electrons. The summed E-state index contributed by atoms with van der Waals surface area (Å²) in [5.41, 5.74) is 4.91. The summed E-state index contributed by atoms with van der Waals surface area (Å²) in [6, 6.07) is 8.45. The standard InChI is InChI=1S/C30H42N4O3/c1-19(2)25(30(36)37-20(3)4)11-9-22-10-12-27-26(15-22)32-28(24-14-21(5)29(35)33(6)18-24)34(27)17-23-8-7-13-31-16-23/h10,12,14-15,18-20,23,25,31H,7-9,11,13,16-17H2,1-6H3/t23?,25-/m0/s1. The molecule has 3 aromatic rings.